The Hall–Kier alpha value is -1.26. The summed E-state index contributed by atoms with van der Waals surface area (Å²) in [5.41, 5.74) is 11.4. The molecular formula is C43H53ClK2N6O5S2. The van der Waals surface area contributed by atoms with Crippen molar-refractivity contribution < 1.29 is 119 Å². The van der Waals surface area contributed by atoms with E-state index in [9.17, 15) is 9.59 Å². The Morgan fingerprint density at radius 3 is 1.68 bits per heavy atom. The van der Waals surface area contributed by atoms with Crippen LogP contribution in [0, 0.1) is 59.5 Å². The molecule has 2 aliphatic carbocycles. The summed E-state index contributed by atoms with van der Waals surface area (Å²) >= 11 is 12.3. The predicted molar refractivity (Wildman–Crippen MR) is 230 cm³/mol. The Morgan fingerprint density at radius 1 is 0.797 bits per heavy atom. The van der Waals surface area contributed by atoms with Crippen molar-refractivity contribution in [3.63, 3.8) is 0 Å². The molecule has 59 heavy (non-hydrogen) atoms. The minimum atomic E-state index is -0.362. The Balaban J connectivity index is 0.000000878. The number of H-pyrrole nitrogens is 3. The molecule has 3 N–H and O–H groups in total. The number of nitrogens with one attached hydrogen (secondary N) is 3. The van der Waals surface area contributed by atoms with Crippen molar-refractivity contribution in [1.82, 2.24) is 19.9 Å². The number of carbonyl (C=O) groups is 1. The van der Waals surface area contributed by atoms with Crippen molar-refractivity contribution in [2.75, 3.05) is 0 Å². The summed E-state index contributed by atoms with van der Waals surface area (Å²) in [5.74, 6) is 1.93. The number of hydrogen-bond donors (Lipinski definition) is 3. The summed E-state index contributed by atoms with van der Waals surface area (Å²) in [6, 6.07) is 8.72. The molecular weight excluding hydrogens is 858 g/mol. The van der Waals surface area contributed by atoms with Crippen LogP contribution in [0.15, 0.2) is 39.0 Å². The zero-order valence-corrected chi connectivity index (χ0v) is 44.2. The first-order chi connectivity index (χ1) is 27.3. The molecule has 0 atom stereocenters. The van der Waals surface area contributed by atoms with Gasteiger partial charge >= 0.3 is 103 Å². The van der Waals surface area contributed by atoms with Crippen molar-refractivity contribution in [2.45, 2.75) is 134 Å². The van der Waals surface area contributed by atoms with E-state index in [0.29, 0.717) is 27.4 Å². The van der Waals surface area contributed by atoms with Crippen LogP contribution in [0.3, 0.4) is 0 Å². The first kappa shape index (κ1) is 55.8. The van der Waals surface area contributed by atoms with Gasteiger partial charge in [0.05, 0.1) is 18.8 Å². The van der Waals surface area contributed by atoms with Gasteiger partial charge in [-0.15, -0.1) is 11.6 Å². The van der Waals surface area contributed by atoms with Gasteiger partial charge in [0, 0.05) is 17.3 Å². The molecule has 0 amide bonds. The molecule has 0 saturated heterocycles. The maximum atomic E-state index is 12.4. The summed E-state index contributed by atoms with van der Waals surface area (Å²) in [4.78, 5) is 55.0. The summed E-state index contributed by atoms with van der Waals surface area (Å²) in [7, 11) is 0. The van der Waals surface area contributed by atoms with Crippen LogP contribution in [0.5, 0.6) is 0 Å². The third kappa shape index (κ3) is 17.4. The molecule has 2 aliphatic rings. The Morgan fingerprint density at radius 2 is 1.24 bits per heavy atom. The van der Waals surface area contributed by atoms with Gasteiger partial charge in [0.1, 0.15) is 0 Å². The largest absolute Gasteiger partial charge is 1.00 e. The monoisotopic (exact) mass is 910 g/mol. The first-order valence-electron chi connectivity index (χ1n) is 19.1. The topological polar surface area (TPSA) is 152 Å². The molecule has 2 heterocycles. The second-order valence-electron chi connectivity index (χ2n) is 14.5. The number of rotatable bonds is 7. The van der Waals surface area contributed by atoms with E-state index in [-0.39, 0.29) is 139 Å². The van der Waals surface area contributed by atoms with E-state index in [1.165, 1.54) is 57.3 Å². The Bertz CT molecular complexity index is 2220. The molecule has 2 aromatic carbocycles. The van der Waals surface area contributed by atoms with Gasteiger partial charge in [-0.05, 0) is 125 Å². The summed E-state index contributed by atoms with van der Waals surface area (Å²) < 4.78 is 0.318. The van der Waals surface area contributed by atoms with Gasteiger partial charge in [-0.2, -0.15) is 0 Å². The molecule has 306 valence electrons. The summed E-state index contributed by atoms with van der Waals surface area (Å²) in [5, 5.41) is 9.06. The third-order valence-electron chi connectivity index (χ3n) is 10.3. The number of benzene rings is 2. The number of hydrogen-bond acceptors (Lipinski definition) is 8. The quantitative estimate of drug-likeness (QED) is 0.0282. The molecule has 0 aliphatic heterocycles. The number of aromatic amines is 3. The van der Waals surface area contributed by atoms with E-state index in [4.69, 9.17) is 52.0 Å². The fourth-order valence-corrected chi connectivity index (χ4v) is 9.28. The molecule has 0 spiro atoms. The standard InChI is InChI=1S/C21H25N3OS.C11H13N3OS.C10H13Cl.CH2O3.2K.H/c1-13-10-14(2)17(15(3)11-13)12-26-21-23-18(16-8-6-5-7-9-16)19(22-4)20(25)24-21;1-12-9-8(7-5-3-2-4-6-7)13-11(16)14-10(9)15;1-7-4-8(2)10(6-11)9(3)5-7;2-1-4-3;;;/h10-11,16H,5-9,12H2,1-3H3,(H,23,24,25);7H,2-6H2,(H2,13,14,15,16);4-5H,6H2,1-3H3;1,3H;;;/q;;;;2*+1;-1/p-1. The number of thioether (sulfide) groups is 1. The van der Waals surface area contributed by atoms with E-state index in [1.54, 1.807) is 11.8 Å². The predicted octanol–water partition coefficient (Wildman–Crippen LogP) is 4.52. The van der Waals surface area contributed by atoms with E-state index in [1.807, 2.05) is 0 Å². The molecule has 6 rings (SSSR count). The molecule has 0 radical (unpaired) electrons. The SMILES string of the molecule is Cc1cc(C)c(CCl)c(C)c1.O=CO[O-].[C-]#[N+]c1c(C2CCCCC2)[nH]c(=S)[nH]c1=O.[C-]#[N+]c1c(C2CCCCC2)nc(SCc2c(C)cc(C)cc2C)[nH]c1=O.[H-].[K+].[K+]. The van der Waals surface area contributed by atoms with Gasteiger partial charge in [0.2, 0.25) is 0 Å². The fraction of sp³-hybridized carbons (Fsp3) is 0.465. The summed E-state index contributed by atoms with van der Waals surface area (Å²) in [6.07, 6.45) is 11.2. The Kier molecular flexibility index (Phi) is 27.6. The minimum Gasteiger partial charge on any atom is -1.00 e. The number of aromatic nitrogens is 4. The van der Waals surface area contributed by atoms with Gasteiger partial charge in [-0.1, -0.05) is 85.7 Å². The van der Waals surface area contributed by atoms with Crippen LogP contribution in [0.25, 0.3) is 9.69 Å². The minimum absolute atomic E-state index is 0. The average molecular weight is 912 g/mol. The summed E-state index contributed by atoms with van der Waals surface area (Å²) in [6.45, 7) is 27.0. The molecule has 11 nitrogen and oxygen atoms in total. The number of aryl methyl sites for hydroxylation is 6. The van der Waals surface area contributed by atoms with E-state index in [2.05, 4.69) is 95.3 Å². The fourth-order valence-electron chi connectivity index (χ4n) is 7.59. The molecule has 2 fully saturated rings. The van der Waals surface area contributed by atoms with Crippen LogP contribution in [0.2, 0.25) is 0 Å². The van der Waals surface area contributed by atoms with Crippen LogP contribution in [0.4, 0.5) is 11.4 Å². The van der Waals surface area contributed by atoms with Gasteiger partial charge in [-0.3, -0.25) is 14.4 Å². The maximum Gasteiger partial charge on any atom is 1.00 e. The van der Waals surface area contributed by atoms with E-state index >= 15 is 0 Å². The van der Waals surface area contributed by atoms with Crippen LogP contribution >= 0.6 is 35.6 Å². The van der Waals surface area contributed by atoms with Crippen LogP contribution in [-0.4, -0.2) is 26.4 Å². The number of halogens is 1. The van der Waals surface area contributed by atoms with Crippen molar-refractivity contribution in [3.8, 4) is 0 Å². The second kappa shape index (κ2) is 29.2. The molecule has 4 aromatic rings. The smallest absolute Gasteiger partial charge is 1.00 e. The maximum absolute atomic E-state index is 12.4. The zero-order valence-electron chi connectivity index (χ0n) is 36.6. The van der Waals surface area contributed by atoms with E-state index in [0.717, 1.165) is 62.8 Å². The number of alkyl halides is 1. The van der Waals surface area contributed by atoms with E-state index < -0.39 is 0 Å². The van der Waals surface area contributed by atoms with Crippen LogP contribution in [-0.2, 0) is 21.3 Å². The number of nitrogens with zero attached hydrogens (tertiary/aromatic N) is 3. The zero-order chi connectivity index (χ0) is 42.1. The van der Waals surface area contributed by atoms with Crippen molar-refractivity contribution in [3.05, 3.63) is 128 Å². The second-order valence-corrected chi connectivity index (χ2v) is 16.2. The van der Waals surface area contributed by atoms with Gasteiger partial charge < -0.3 is 26.5 Å². The average Bonchev–Trinajstić information content (AvgIpc) is 3.18. The molecule has 0 unspecified atom stereocenters. The van der Waals surface area contributed by atoms with Crippen LogP contribution in [0.1, 0.15) is 133 Å². The molecule has 0 bridgehead atoms. The first-order valence-corrected chi connectivity index (χ1v) is 21.0. The van der Waals surface area contributed by atoms with Crippen LogP contribution < -0.4 is 119 Å². The third-order valence-corrected chi connectivity index (χ3v) is 11.7. The van der Waals surface area contributed by atoms with Gasteiger partial charge in [0.15, 0.2) is 9.93 Å². The van der Waals surface area contributed by atoms with Gasteiger partial charge in [-0.25, -0.2) is 14.7 Å². The van der Waals surface area contributed by atoms with Gasteiger partial charge in [0.25, 0.3) is 29.0 Å². The van der Waals surface area contributed by atoms with Crippen molar-refractivity contribution in [1.29, 1.82) is 0 Å². The Labute approximate surface area is 449 Å². The molecule has 2 aromatic heterocycles. The molecule has 16 heteroatoms. The molecule has 2 saturated carbocycles. The normalized spacial score (nSPS) is 13.5. The number of carbonyl (C=O) groups excluding carboxylic acids is 1. The van der Waals surface area contributed by atoms with Crippen molar-refractivity contribution in [2.24, 2.45) is 0 Å². The van der Waals surface area contributed by atoms with Crippen molar-refractivity contribution >= 4 is 53.4 Å².